The predicted molar refractivity (Wildman–Crippen MR) is 79.0 cm³/mol. The fraction of sp³-hybridized carbons (Fsp3) is 0.688. The molecule has 2 aliphatic heterocycles. The summed E-state index contributed by atoms with van der Waals surface area (Å²) in [6.07, 6.45) is 7.42. The van der Waals surface area contributed by atoms with Crippen LogP contribution in [0.4, 0.5) is 0 Å². The number of piperidine rings is 1. The van der Waals surface area contributed by atoms with E-state index >= 15 is 0 Å². The van der Waals surface area contributed by atoms with Gasteiger partial charge < -0.3 is 9.64 Å². The van der Waals surface area contributed by atoms with E-state index in [0.29, 0.717) is 11.6 Å². The van der Waals surface area contributed by atoms with Crippen molar-refractivity contribution < 1.29 is 9.53 Å². The summed E-state index contributed by atoms with van der Waals surface area (Å²) in [7, 11) is 0. The molecule has 1 atom stereocenters. The number of nitrogens with zero attached hydrogens (tertiary/aromatic N) is 3. The molecule has 0 N–H and O–H groups in total. The van der Waals surface area contributed by atoms with Crippen molar-refractivity contribution in [3.63, 3.8) is 0 Å². The number of rotatable bonds is 2. The lowest BCUT2D eigenvalue weighted by atomic mass is 9.84. The smallest absolute Gasteiger partial charge is 0.274 e. The second kappa shape index (κ2) is 5.72. The van der Waals surface area contributed by atoms with E-state index in [4.69, 9.17) is 4.74 Å². The maximum absolute atomic E-state index is 12.4. The molecule has 3 heterocycles. The van der Waals surface area contributed by atoms with Crippen LogP contribution in [0.1, 0.15) is 48.8 Å². The van der Waals surface area contributed by atoms with Crippen LogP contribution in [0.2, 0.25) is 0 Å². The molecule has 0 aromatic carbocycles. The second-order valence-corrected chi connectivity index (χ2v) is 6.31. The van der Waals surface area contributed by atoms with Gasteiger partial charge in [-0.2, -0.15) is 0 Å². The highest BCUT2D eigenvalue weighted by atomic mass is 16.5. The molecule has 0 aliphatic carbocycles. The number of carbonyl (C=O) groups is 1. The summed E-state index contributed by atoms with van der Waals surface area (Å²) in [6, 6.07) is 0. The van der Waals surface area contributed by atoms with Crippen molar-refractivity contribution in [3.05, 3.63) is 23.8 Å². The third-order valence-corrected chi connectivity index (χ3v) is 4.83. The average Bonchev–Trinajstić information content (AvgIpc) is 2.91. The first kappa shape index (κ1) is 14.4. The number of hydrogen-bond acceptors (Lipinski definition) is 4. The Morgan fingerprint density at radius 3 is 2.71 bits per heavy atom. The molecule has 5 nitrogen and oxygen atoms in total. The molecule has 5 heteroatoms. The molecule has 114 valence electrons. The van der Waals surface area contributed by atoms with Crippen molar-refractivity contribution >= 4 is 5.91 Å². The first-order valence-electron chi connectivity index (χ1n) is 7.84. The average molecular weight is 289 g/mol. The number of ether oxygens (including phenoxy) is 1. The van der Waals surface area contributed by atoms with E-state index in [0.717, 1.165) is 44.7 Å². The van der Waals surface area contributed by atoms with Crippen LogP contribution in [-0.4, -0.2) is 46.1 Å². The minimum absolute atomic E-state index is 0.0117. The fourth-order valence-corrected chi connectivity index (χ4v) is 3.33. The molecule has 0 radical (unpaired) electrons. The Labute approximate surface area is 125 Å². The summed E-state index contributed by atoms with van der Waals surface area (Å²) in [5.74, 6) is 0.678. The Bertz CT molecular complexity index is 507. The highest BCUT2D eigenvalue weighted by Crippen LogP contribution is 2.39. The van der Waals surface area contributed by atoms with Gasteiger partial charge in [0.25, 0.3) is 5.91 Å². The van der Waals surface area contributed by atoms with E-state index in [-0.39, 0.29) is 11.5 Å². The molecule has 1 aromatic rings. The molecule has 21 heavy (non-hydrogen) atoms. The van der Waals surface area contributed by atoms with Gasteiger partial charge >= 0.3 is 0 Å². The van der Waals surface area contributed by atoms with Gasteiger partial charge in [0.15, 0.2) is 0 Å². The molecule has 2 aliphatic rings. The molecule has 3 rings (SSSR count). The largest absolute Gasteiger partial charge is 0.375 e. The topological polar surface area (TPSA) is 55.3 Å². The number of likely N-dealkylation sites (tertiary alicyclic amines) is 1. The van der Waals surface area contributed by atoms with Gasteiger partial charge in [0.05, 0.1) is 24.1 Å². The van der Waals surface area contributed by atoms with Crippen LogP contribution in [0.15, 0.2) is 12.4 Å². The lowest BCUT2D eigenvalue weighted by Gasteiger charge is -2.38. The molecule has 0 bridgehead atoms. The van der Waals surface area contributed by atoms with Crippen molar-refractivity contribution in [3.8, 4) is 0 Å². The van der Waals surface area contributed by atoms with Crippen LogP contribution < -0.4 is 0 Å². The minimum Gasteiger partial charge on any atom is -0.375 e. The summed E-state index contributed by atoms with van der Waals surface area (Å²) in [5, 5.41) is 0. The Morgan fingerprint density at radius 2 is 2.14 bits per heavy atom. The summed E-state index contributed by atoms with van der Waals surface area (Å²) in [5.41, 5.74) is 1.29. The number of aryl methyl sites for hydroxylation is 1. The van der Waals surface area contributed by atoms with E-state index < -0.39 is 0 Å². The molecule has 2 saturated heterocycles. The predicted octanol–water partition coefficient (Wildman–Crippen LogP) is 2.21. The van der Waals surface area contributed by atoms with Crippen molar-refractivity contribution in [2.75, 3.05) is 19.7 Å². The summed E-state index contributed by atoms with van der Waals surface area (Å²) in [4.78, 5) is 22.6. The van der Waals surface area contributed by atoms with Gasteiger partial charge in [0.1, 0.15) is 5.69 Å². The van der Waals surface area contributed by atoms with Gasteiger partial charge in [0.2, 0.25) is 0 Å². The Morgan fingerprint density at radius 1 is 1.38 bits per heavy atom. The van der Waals surface area contributed by atoms with E-state index in [9.17, 15) is 4.79 Å². The summed E-state index contributed by atoms with van der Waals surface area (Å²) < 4.78 is 6.07. The molecule has 1 spiro atoms. The standard InChI is InChI=1S/C16H23N3O2/c1-3-13-8-16(21-11-13)4-6-19(7-5-16)15(20)14-10-17-12(2)9-18-14/h9-10,13H,3-8,11H2,1-2H3. The Kier molecular flexibility index (Phi) is 3.93. The van der Waals surface area contributed by atoms with Gasteiger partial charge in [-0.05, 0) is 32.1 Å². The SMILES string of the molecule is CCC1COC2(CCN(C(=O)c3cnc(C)cn3)CC2)C1. The zero-order chi connectivity index (χ0) is 14.9. The fourth-order valence-electron chi connectivity index (χ4n) is 3.33. The summed E-state index contributed by atoms with van der Waals surface area (Å²) in [6.45, 7) is 6.48. The number of carbonyl (C=O) groups excluding carboxylic acids is 1. The monoisotopic (exact) mass is 289 g/mol. The Balaban J connectivity index is 1.61. The molecular formula is C16H23N3O2. The molecule has 2 fully saturated rings. The lowest BCUT2D eigenvalue weighted by molar-refractivity contribution is -0.0392. The van der Waals surface area contributed by atoms with Crippen molar-refractivity contribution in [1.82, 2.24) is 14.9 Å². The maximum Gasteiger partial charge on any atom is 0.274 e. The van der Waals surface area contributed by atoms with E-state index in [1.165, 1.54) is 6.42 Å². The summed E-state index contributed by atoms with van der Waals surface area (Å²) >= 11 is 0. The van der Waals surface area contributed by atoms with Gasteiger partial charge in [-0.3, -0.25) is 9.78 Å². The van der Waals surface area contributed by atoms with E-state index in [1.54, 1.807) is 12.4 Å². The molecule has 1 amide bonds. The number of aromatic nitrogens is 2. The van der Waals surface area contributed by atoms with Crippen LogP contribution in [0.5, 0.6) is 0 Å². The third kappa shape index (κ3) is 2.93. The van der Waals surface area contributed by atoms with Crippen LogP contribution >= 0.6 is 0 Å². The molecule has 0 saturated carbocycles. The van der Waals surface area contributed by atoms with Gasteiger partial charge in [-0.15, -0.1) is 0 Å². The maximum atomic E-state index is 12.4. The van der Waals surface area contributed by atoms with Crippen LogP contribution in [-0.2, 0) is 4.74 Å². The highest BCUT2D eigenvalue weighted by molar-refractivity contribution is 5.92. The van der Waals surface area contributed by atoms with Gasteiger partial charge in [-0.25, -0.2) is 4.98 Å². The first-order chi connectivity index (χ1) is 10.1. The van der Waals surface area contributed by atoms with Crippen LogP contribution in [0.25, 0.3) is 0 Å². The quantitative estimate of drug-likeness (QED) is 0.837. The van der Waals surface area contributed by atoms with E-state index in [1.807, 2.05) is 11.8 Å². The minimum atomic E-state index is -0.0117. The van der Waals surface area contributed by atoms with Crippen molar-refractivity contribution in [2.24, 2.45) is 5.92 Å². The van der Waals surface area contributed by atoms with E-state index in [2.05, 4.69) is 16.9 Å². The number of amides is 1. The zero-order valence-corrected chi connectivity index (χ0v) is 12.8. The third-order valence-electron chi connectivity index (χ3n) is 4.83. The van der Waals surface area contributed by atoms with Crippen molar-refractivity contribution in [2.45, 2.75) is 45.1 Å². The van der Waals surface area contributed by atoms with Crippen LogP contribution in [0.3, 0.4) is 0 Å². The molecule has 1 aromatic heterocycles. The Hall–Kier alpha value is -1.49. The molecular weight excluding hydrogens is 266 g/mol. The first-order valence-corrected chi connectivity index (χ1v) is 7.84. The molecule has 1 unspecified atom stereocenters. The van der Waals surface area contributed by atoms with Gasteiger partial charge in [-0.1, -0.05) is 13.3 Å². The van der Waals surface area contributed by atoms with Gasteiger partial charge in [0, 0.05) is 19.3 Å². The second-order valence-electron chi connectivity index (χ2n) is 6.31. The normalized spacial score (nSPS) is 24.5. The highest BCUT2D eigenvalue weighted by Gasteiger charge is 2.42. The number of hydrogen-bond donors (Lipinski definition) is 0. The lowest BCUT2D eigenvalue weighted by Crippen LogP contribution is -2.46. The van der Waals surface area contributed by atoms with Crippen molar-refractivity contribution in [1.29, 1.82) is 0 Å². The van der Waals surface area contributed by atoms with Crippen LogP contribution in [0, 0.1) is 12.8 Å². The zero-order valence-electron chi connectivity index (χ0n) is 12.8.